The standard InChI is InChI=1S/C25H29N3O3/c1-18-4-8-20(9-5-18)22-23(27-16-14-26(2)15-17-27)25(30)28(24(22)29)13-12-19-6-10-21(31-3)11-7-19/h4-11H,12-17H2,1-3H3. The Hall–Kier alpha value is -3.12. The topological polar surface area (TPSA) is 53.1 Å². The molecular weight excluding hydrogens is 390 g/mol. The maximum absolute atomic E-state index is 13.4. The Morgan fingerprint density at radius 2 is 1.52 bits per heavy atom. The highest BCUT2D eigenvalue weighted by Gasteiger charge is 2.41. The van der Waals surface area contributed by atoms with Crippen LogP contribution in [0.25, 0.3) is 5.57 Å². The molecule has 0 atom stereocenters. The van der Waals surface area contributed by atoms with Crippen LogP contribution in [-0.4, -0.2) is 73.4 Å². The van der Waals surface area contributed by atoms with Gasteiger partial charge in [0.25, 0.3) is 11.8 Å². The number of carbonyl (C=O) groups is 2. The second kappa shape index (κ2) is 8.94. The van der Waals surface area contributed by atoms with Crippen molar-refractivity contribution in [2.24, 2.45) is 0 Å². The Balaban J connectivity index is 1.60. The number of imide groups is 1. The molecule has 0 unspecified atom stereocenters. The molecule has 1 saturated heterocycles. The molecule has 4 rings (SSSR count). The molecule has 6 nitrogen and oxygen atoms in total. The van der Waals surface area contributed by atoms with Crippen molar-refractivity contribution < 1.29 is 14.3 Å². The van der Waals surface area contributed by atoms with Crippen molar-refractivity contribution >= 4 is 17.4 Å². The van der Waals surface area contributed by atoms with E-state index in [1.165, 1.54) is 4.90 Å². The van der Waals surface area contributed by atoms with Gasteiger partial charge in [0, 0.05) is 32.7 Å². The number of rotatable bonds is 6. The number of piperazine rings is 1. The van der Waals surface area contributed by atoms with E-state index < -0.39 is 0 Å². The number of likely N-dealkylation sites (N-methyl/N-ethyl adjacent to an activating group) is 1. The van der Waals surface area contributed by atoms with Crippen molar-refractivity contribution in [2.75, 3.05) is 46.9 Å². The first-order chi connectivity index (χ1) is 15.0. The molecule has 6 heteroatoms. The first-order valence-electron chi connectivity index (χ1n) is 10.7. The lowest BCUT2D eigenvalue weighted by molar-refractivity contribution is -0.137. The van der Waals surface area contributed by atoms with Crippen molar-refractivity contribution in [2.45, 2.75) is 13.3 Å². The summed E-state index contributed by atoms with van der Waals surface area (Å²) >= 11 is 0. The van der Waals surface area contributed by atoms with E-state index in [0.29, 0.717) is 24.2 Å². The van der Waals surface area contributed by atoms with Crippen LogP contribution >= 0.6 is 0 Å². The lowest BCUT2D eigenvalue weighted by Gasteiger charge is -2.34. The van der Waals surface area contributed by atoms with E-state index in [4.69, 9.17) is 4.74 Å². The van der Waals surface area contributed by atoms with Gasteiger partial charge >= 0.3 is 0 Å². The molecule has 2 aliphatic rings. The van der Waals surface area contributed by atoms with Crippen LogP contribution < -0.4 is 4.74 Å². The van der Waals surface area contributed by atoms with Gasteiger partial charge in [0.15, 0.2) is 0 Å². The number of nitrogens with zero attached hydrogens (tertiary/aromatic N) is 3. The van der Waals surface area contributed by atoms with Crippen molar-refractivity contribution in [3.8, 4) is 5.75 Å². The van der Waals surface area contributed by atoms with Gasteiger partial charge in [-0.05, 0) is 43.7 Å². The predicted molar refractivity (Wildman–Crippen MR) is 121 cm³/mol. The van der Waals surface area contributed by atoms with Gasteiger partial charge in [0.2, 0.25) is 0 Å². The largest absolute Gasteiger partial charge is 0.497 e. The molecule has 2 amide bonds. The van der Waals surface area contributed by atoms with Crippen molar-refractivity contribution in [1.82, 2.24) is 14.7 Å². The lowest BCUT2D eigenvalue weighted by atomic mass is 10.0. The molecule has 0 spiro atoms. The summed E-state index contributed by atoms with van der Waals surface area (Å²) in [4.78, 5) is 32.6. The SMILES string of the molecule is COc1ccc(CCN2C(=O)C(c3ccc(C)cc3)=C(N3CCN(C)CC3)C2=O)cc1. The lowest BCUT2D eigenvalue weighted by Crippen LogP contribution is -2.46. The zero-order chi connectivity index (χ0) is 22.0. The monoisotopic (exact) mass is 419 g/mol. The van der Waals surface area contributed by atoms with E-state index in [9.17, 15) is 9.59 Å². The second-order valence-corrected chi connectivity index (χ2v) is 8.24. The minimum absolute atomic E-state index is 0.182. The normalized spacial score (nSPS) is 17.6. The molecule has 0 N–H and O–H groups in total. The molecule has 162 valence electrons. The summed E-state index contributed by atoms with van der Waals surface area (Å²) in [5.74, 6) is 0.410. The molecule has 0 bridgehead atoms. The van der Waals surface area contributed by atoms with Gasteiger partial charge in [-0.3, -0.25) is 14.5 Å². The highest BCUT2D eigenvalue weighted by Crippen LogP contribution is 2.32. The summed E-state index contributed by atoms with van der Waals surface area (Å²) in [5.41, 5.74) is 4.08. The minimum Gasteiger partial charge on any atom is -0.497 e. The third-order valence-electron chi connectivity index (χ3n) is 6.09. The Labute approximate surface area is 183 Å². The third kappa shape index (κ3) is 4.35. The van der Waals surface area contributed by atoms with Gasteiger partial charge in [-0.1, -0.05) is 42.0 Å². The fourth-order valence-corrected chi connectivity index (χ4v) is 4.10. The van der Waals surface area contributed by atoms with Gasteiger partial charge in [0.05, 0.1) is 12.7 Å². The van der Waals surface area contributed by atoms with Crippen molar-refractivity contribution in [3.05, 3.63) is 70.9 Å². The van der Waals surface area contributed by atoms with E-state index in [2.05, 4.69) is 16.8 Å². The Kier molecular flexibility index (Phi) is 6.09. The number of aryl methyl sites for hydroxylation is 1. The molecule has 2 aromatic carbocycles. The van der Waals surface area contributed by atoms with Crippen LogP contribution in [0.2, 0.25) is 0 Å². The van der Waals surface area contributed by atoms with Crippen LogP contribution in [-0.2, 0) is 16.0 Å². The zero-order valence-electron chi connectivity index (χ0n) is 18.4. The van der Waals surface area contributed by atoms with Gasteiger partial charge in [0.1, 0.15) is 11.4 Å². The van der Waals surface area contributed by atoms with Gasteiger partial charge in [-0.25, -0.2) is 0 Å². The zero-order valence-corrected chi connectivity index (χ0v) is 18.4. The summed E-state index contributed by atoms with van der Waals surface area (Å²) < 4.78 is 5.21. The summed E-state index contributed by atoms with van der Waals surface area (Å²) in [6.45, 7) is 5.61. The predicted octanol–water partition coefficient (Wildman–Crippen LogP) is 2.57. The van der Waals surface area contributed by atoms with Crippen LogP contribution in [0.4, 0.5) is 0 Å². The third-order valence-corrected chi connectivity index (χ3v) is 6.09. The molecule has 0 aliphatic carbocycles. The fourth-order valence-electron chi connectivity index (χ4n) is 4.10. The molecule has 2 aliphatic heterocycles. The summed E-state index contributed by atoms with van der Waals surface area (Å²) in [5, 5.41) is 0. The van der Waals surface area contributed by atoms with Crippen molar-refractivity contribution in [1.29, 1.82) is 0 Å². The van der Waals surface area contributed by atoms with Crippen LogP contribution in [0, 0.1) is 6.92 Å². The van der Waals surface area contributed by atoms with E-state index in [1.807, 2.05) is 55.5 Å². The van der Waals surface area contributed by atoms with Crippen LogP contribution in [0.1, 0.15) is 16.7 Å². The number of hydrogen-bond acceptors (Lipinski definition) is 5. The molecular formula is C25H29N3O3. The minimum atomic E-state index is -0.198. The van der Waals surface area contributed by atoms with Crippen LogP contribution in [0.3, 0.4) is 0 Å². The number of amides is 2. The first kappa shape index (κ1) is 21.1. The van der Waals surface area contributed by atoms with Crippen LogP contribution in [0.15, 0.2) is 54.2 Å². The maximum Gasteiger partial charge on any atom is 0.277 e. The van der Waals surface area contributed by atoms with Gasteiger partial charge in [-0.2, -0.15) is 0 Å². The van der Waals surface area contributed by atoms with Gasteiger partial charge in [-0.15, -0.1) is 0 Å². The average Bonchev–Trinajstić information content (AvgIpc) is 3.03. The van der Waals surface area contributed by atoms with E-state index >= 15 is 0 Å². The summed E-state index contributed by atoms with van der Waals surface area (Å²) in [6, 6.07) is 15.6. The number of carbonyl (C=O) groups excluding carboxylic acids is 2. The molecule has 31 heavy (non-hydrogen) atoms. The Morgan fingerprint density at radius 3 is 2.13 bits per heavy atom. The number of methoxy groups -OCH3 is 1. The summed E-state index contributed by atoms with van der Waals surface area (Å²) in [7, 11) is 3.71. The number of benzene rings is 2. The second-order valence-electron chi connectivity index (χ2n) is 8.24. The molecule has 1 fully saturated rings. The molecule has 2 heterocycles. The first-order valence-corrected chi connectivity index (χ1v) is 10.7. The summed E-state index contributed by atoms with van der Waals surface area (Å²) in [6.07, 6.45) is 0.610. The number of ether oxygens (including phenoxy) is 1. The number of hydrogen-bond donors (Lipinski definition) is 0. The van der Waals surface area contributed by atoms with E-state index in [0.717, 1.165) is 48.6 Å². The van der Waals surface area contributed by atoms with Crippen LogP contribution in [0.5, 0.6) is 5.75 Å². The quantitative estimate of drug-likeness (QED) is 0.674. The maximum atomic E-state index is 13.4. The molecule has 0 aromatic heterocycles. The Bertz CT molecular complexity index is 988. The fraction of sp³-hybridized carbons (Fsp3) is 0.360. The van der Waals surface area contributed by atoms with Gasteiger partial charge < -0.3 is 14.5 Å². The highest BCUT2D eigenvalue weighted by atomic mass is 16.5. The smallest absolute Gasteiger partial charge is 0.277 e. The van der Waals surface area contributed by atoms with Crippen molar-refractivity contribution in [3.63, 3.8) is 0 Å². The average molecular weight is 420 g/mol. The molecule has 2 aromatic rings. The Morgan fingerprint density at radius 1 is 0.871 bits per heavy atom. The molecule has 0 radical (unpaired) electrons. The highest BCUT2D eigenvalue weighted by molar-refractivity contribution is 6.35. The molecule has 0 saturated carbocycles. The van der Waals surface area contributed by atoms with E-state index in [-0.39, 0.29) is 11.8 Å². The van der Waals surface area contributed by atoms with E-state index in [1.54, 1.807) is 7.11 Å².